The van der Waals surface area contributed by atoms with Gasteiger partial charge in [-0.25, -0.2) is 17.8 Å². The minimum atomic E-state index is -4.16. The van der Waals surface area contributed by atoms with Crippen LogP contribution in [0.5, 0.6) is 11.6 Å². The highest BCUT2D eigenvalue weighted by Gasteiger charge is 2.31. The highest BCUT2D eigenvalue weighted by atomic mass is 32.2. The van der Waals surface area contributed by atoms with E-state index in [0.717, 1.165) is 25.0 Å². The van der Waals surface area contributed by atoms with Gasteiger partial charge in [-0.05, 0) is 60.5 Å². The van der Waals surface area contributed by atoms with Crippen molar-refractivity contribution in [3.05, 3.63) is 39.6 Å². The number of carbonyl (C=O) groups excluding carboxylic acids is 1. The Bertz CT molecular complexity index is 1240. The maximum absolute atomic E-state index is 13.0. The first-order chi connectivity index (χ1) is 16.7. The number of nitrogens with zero attached hydrogens (tertiary/aromatic N) is 3. The monoisotopic (exact) mass is 523 g/mol. The summed E-state index contributed by atoms with van der Waals surface area (Å²) in [7, 11) is -4.16. The van der Waals surface area contributed by atoms with E-state index in [1.165, 1.54) is 10.7 Å². The Morgan fingerprint density at radius 2 is 2.06 bits per heavy atom. The molecule has 2 heterocycles. The molecule has 0 spiro atoms. The van der Waals surface area contributed by atoms with Gasteiger partial charge in [-0.3, -0.25) is 14.9 Å². The summed E-state index contributed by atoms with van der Waals surface area (Å²) in [6.07, 6.45) is 1.77. The van der Waals surface area contributed by atoms with Crippen LogP contribution in [0.3, 0.4) is 0 Å². The van der Waals surface area contributed by atoms with Gasteiger partial charge in [0.05, 0.1) is 16.6 Å². The molecule has 1 fully saturated rings. The average molecular weight is 524 g/mol. The third kappa shape index (κ3) is 6.20. The molecule has 2 aromatic rings. The van der Waals surface area contributed by atoms with Gasteiger partial charge < -0.3 is 14.8 Å². The Hall–Kier alpha value is -3.03. The highest BCUT2D eigenvalue weighted by molar-refractivity contribution is 7.89. The van der Waals surface area contributed by atoms with E-state index in [0.29, 0.717) is 18.7 Å². The molecule has 1 amide bonds. The molecule has 0 radical (unpaired) electrons. The molecule has 0 aliphatic carbocycles. The molecule has 13 heteroatoms. The number of nitro benzene ring substituents is 1. The van der Waals surface area contributed by atoms with Crippen molar-refractivity contribution in [2.75, 3.05) is 13.2 Å². The van der Waals surface area contributed by atoms with Crippen LogP contribution in [0.1, 0.15) is 63.5 Å². The molecule has 1 aliphatic heterocycles. The molecule has 2 N–H and O–H groups in total. The van der Waals surface area contributed by atoms with Crippen molar-refractivity contribution in [1.29, 1.82) is 0 Å². The van der Waals surface area contributed by atoms with Crippen molar-refractivity contribution in [3.63, 3.8) is 0 Å². The molecule has 198 valence electrons. The van der Waals surface area contributed by atoms with E-state index in [-0.39, 0.29) is 23.4 Å². The Labute approximate surface area is 210 Å². The van der Waals surface area contributed by atoms with E-state index < -0.39 is 43.0 Å². The third-order valence-corrected chi connectivity index (χ3v) is 7.14. The summed E-state index contributed by atoms with van der Waals surface area (Å²) >= 11 is 0. The fourth-order valence-electron chi connectivity index (χ4n) is 3.75. The van der Waals surface area contributed by atoms with Crippen LogP contribution in [-0.4, -0.2) is 54.3 Å². The van der Waals surface area contributed by atoms with Crippen LogP contribution in [0.15, 0.2) is 23.1 Å². The fourth-order valence-corrected chi connectivity index (χ4v) is 5.15. The molecule has 0 saturated carbocycles. The zero-order chi connectivity index (χ0) is 26.8. The average Bonchev–Trinajstić information content (AvgIpc) is 3.39. The van der Waals surface area contributed by atoms with Gasteiger partial charge in [0.2, 0.25) is 15.9 Å². The number of hydrogen-bond donors (Lipinski definition) is 2. The third-order valence-electron chi connectivity index (χ3n) is 5.46. The first kappa shape index (κ1) is 27.6. The number of nitrogens with one attached hydrogen (secondary N) is 2. The molecule has 1 atom stereocenters. The van der Waals surface area contributed by atoms with Crippen molar-refractivity contribution < 1.29 is 27.6 Å². The van der Waals surface area contributed by atoms with E-state index in [2.05, 4.69) is 15.1 Å². The van der Waals surface area contributed by atoms with Gasteiger partial charge in [0.25, 0.3) is 11.6 Å². The standard InChI is InChI=1S/C23H33N5O7S/c1-14(2)26-36(32,33)19-12-16(28(30)31)9-10-18(19)35-22-15(3)20(25-27(22)23(4,5)6)21(29)24-13-17-8-7-11-34-17/h9-10,12,14,17,26H,7-8,11,13H2,1-6H3,(H,24,29). The number of benzene rings is 1. The quantitative estimate of drug-likeness (QED) is 0.375. The number of amides is 1. The second kappa shape index (κ2) is 10.5. The molecule has 36 heavy (non-hydrogen) atoms. The lowest BCUT2D eigenvalue weighted by molar-refractivity contribution is -0.385. The molecule has 3 rings (SSSR count). The first-order valence-electron chi connectivity index (χ1n) is 11.7. The van der Waals surface area contributed by atoms with Crippen molar-refractivity contribution >= 4 is 21.6 Å². The summed E-state index contributed by atoms with van der Waals surface area (Å²) in [5, 5.41) is 18.6. The molecule has 0 bridgehead atoms. The number of sulfonamides is 1. The van der Waals surface area contributed by atoms with Crippen LogP contribution < -0.4 is 14.8 Å². The van der Waals surface area contributed by atoms with Crippen LogP contribution >= 0.6 is 0 Å². The number of rotatable bonds is 9. The SMILES string of the molecule is Cc1c(C(=O)NCC2CCCO2)nn(C(C)(C)C)c1Oc1ccc([N+](=O)[O-])cc1S(=O)(=O)NC(C)C. The molecule has 12 nitrogen and oxygen atoms in total. The largest absolute Gasteiger partial charge is 0.438 e. The lowest BCUT2D eigenvalue weighted by Gasteiger charge is -2.23. The molecule has 1 unspecified atom stereocenters. The second-order valence-corrected chi connectivity index (χ2v) is 11.7. The molecular formula is C23H33N5O7S. The fraction of sp³-hybridized carbons (Fsp3) is 0.565. The van der Waals surface area contributed by atoms with Crippen molar-refractivity contribution in [2.45, 2.75) is 77.0 Å². The molecular weight excluding hydrogens is 490 g/mol. The summed E-state index contributed by atoms with van der Waals surface area (Å²) in [5.41, 5.74) is -0.511. The van der Waals surface area contributed by atoms with Gasteiger partial charge >= 0.3 is 0 Å². The van der Waals surface area contributed by atoms with Crippen LogP contribution in [0.25, 0.3) is 0 Å². The van der Waals surface area contributed by atoms with Gasteiger partial charge in [-0.2, -0.15) is 5.10 Å². The van der Waals surface area contributed by atoms with Crippen LogP contribution in [0, 0.1) is 17.0 Å². The zero-order valence-electron chi connectivity index (χ0n) is 21.3. The number of hydrogen-bond acceptors (Lipinski definition) is 8. The van der Waals surface area contributed by atoms with Crippen molar-refractivity contribution in [3.8, 4) is 11.6 Å². The minimum Gasteiger partial charge on any atom is -0.438 e. The van der Waals surface area contributed by atoms with E-state index in [9.17, 15) is 23.3 Å². The van der Waals surface area contributed by atoms with E-state index in [1.807, 2.05) is 20.8 Å². The summed E-state index contributed by atoms with van der Waals surface area (Å²) in [4.78, 5) is 23.2. The Morgan fingerprint density at radius 3 is 2.61 bits per heavy atom. The number of aromatic nitrogens is 2. The Balaban J connectivity index is 2.04. The highest BCUT2D eigenvalue weighted by Crippen LogP contribution is 2.36. The van der Waals surface area contributed by atoms with E-state index >= 15 is 0 Å². The summed E-state index contributed by atoms with van der Waals surface area (Å²) in [6.45, 7) is 11.5. The summed E-state index contributed by atoms with van der Waals surface area (Å²) < 4.78 is 41.6. The topological polar surface area (TPSA) is 155 Å². The van der Waals surface area contributed by atoms with Gasteiger partial charge in [0.15, 0.2) is 5.69 Å². The van der Waals surface area contributed by atoms with Gasteiger partial charge in [-0.15, -0.1) is 0 Å². The lowest BCUT2D eigenvalue weighted by Crippen LogP contribution is -2.32. The van der Waals surface area contributed by atoms with Crippen molar-refractivity contribution in [1.82, 2.24) is 19.8 Å². The van der Waals surface area contributed by atoms with Gasteiger partial charge in [0, 0.05) is 36.9 Å². The number of carbonyl (C=O) groups is 1. The summed E-state index contributed by atoms with van der Waals surface area (Å²) in [6, 6.07) is 2.88. The van der Waals surface area contributed by atoms with Crippen LogP contribution in [-0.2, 0) is 20.3 Å². The Morgan fingerprint density at radius 1 is 1.36 bits per heavy atom. The van der Waals surface area contributed by atoms with E-state index in [1.54, 1.807) is 20.8 Å². The number of non-ortho nitro benzene ring substituents is 1. The number of ether oxygens (including phenoxy) is 2. The maximum Gasteiger partial charge on any atom is 0.272 e. The maximum atomic E-state index is 13.0. The Kier molecular flexibility index (Phi) is 8.06. The summed E-state index contributed by atoms with van der Waals surface area (Å²) in [5.74, 6) is -0.387. The van der Waals surface area contributed by atoms with Crippen molar-refractivity contribution in [2.24, 2.45) is 0 Å². The van der Waals surface area contributed by atoms with Gasteiger partial charge in [-0.1, -0.05) is 0 Å². The smallest absolute Gasteiger partial charge is 0.272 e. The lowest BCUT2D eigenvalue weighted by atomic mass is 10.1. The first-order valence-corrected chi connectivity index (χ1v) is 13.2. The normalized spacial score (nSPS) is 16.4. The van der Waals surface area contributed by atoms with Gasteiger partial charge in [0.1, 0.15) is 10.6 Å². The zero-order valence-corrected chi connectivity index (χ0v) is 22.1. The minimum absolute atomic E-state index is 0.0454. The predicted octanol–water partition coefficient (Wildman–Crippen LogP) is 3.24. The predicted molar refractivity (Wildman–Crippen MR) is 132 cm³/mol. The molecule has 1 aliphatic rings. The molecule has 1 aromatic heterocycles. The second-order valence-electron chi connectivity index (χ2n) is 9.97. The molecule has 1 aromatic carbocycles. The molecule has 1 saturated heterocycles. The number of nitro groups is 1. The van der Waals surface area contributed by atoms with Crippen LogP contribution in [0.2, 0.25) is 0 Å². The van der Waals surface area contributed by atoms with Crippen LogP contribution in [0.4, 0.5) is 5.69 Å². The van der Waals surface area contributed by atoms with E-state index in [4.69, 9.17) is 9.47 Å².